The standard InChI is InChI=1S/C12H21N3O/c1-9(7-13-3)8-14-12(16)11-6-5-10(2)15(11)4/h5-6,9,13H,7-8H2,1-4H3,(H,14,16). The van der Waals surface area contributed by atoms with Crippen LogP contribution in [-0.4, -0.2) is 30.6 Å². The van der Waals surface area contributed by atoms with Crippen LogP contribution in [0.15, 0.2) is 12.1 Å². The van der Waals surface area contributed by atoms with Crippen molar-refractivity contribution in [2.24, 2.45) is 13.0 Å². The zero-order chi connectivity index (χ0) is 12.1. The first-order valence-electron chi connectivity index (χ1n) is 5.61. The number of aromatic nitrogens is 1. The van der Waals surface area contributed by atoms with Crippen molar-refractivity contribution in [3.8, 4) is 0 Å². The molecule has 1 amide bonds. The van der Waals surface area contributed by atoms with Crippen LogP contribution in [0, 0.1) is 12.8 Å². The average Bonchev–Trinajstić information content (AvgIpc) is 2.57. The highest BCUT2D eigenvalue weighted by Gasteiger charge is 2.11. The smallest absolute Gasteiger partial charge is 0.267 e. The zero-order valence-electron chi connectivity index (χ0n) is 10.5. The van der Waals surface area contributed by atoms with Crippen LogP contribution in [0.5, 0.6) is 0 Å². The molecule has 2 N–H and O–H groups in total. The van der Waals surface area contributed by atoms with Gasteiger partial charge in [-0.25, -0.2) is 0 Å². The molecule has 0 aliphatic rings. The molecule has 90 valence electrons. The Balaban J connectivity index is 2.50. The van der Waals surface area contributed by atoms with Crippen LogP contribution in [0.3, 0.4) is 0 Å². The van der Waals surface area contributed by atoms with E-state index in [1.807, 2.05) is 37.7 Å². The molecule has 0 radical (unpaired) electrons. The van der Waals surface area contributed by atoms with Gasteiger partial charge in [0.1, 0.15) is 5.69 Å². The van der Waals surface area contributed by atoms with Crippen LogP contribution in [0.4, 0.5) is 0 Å². The molecule has 1 unspecified atom stereocenters. The lowest BCUT2D eigenvalue weighted by Crippen LogP contribution is -2.33. The van der Waals surface area contributed by atoms with Crippen molar-refractivity contribution in [1.29, 1.82) is 0 Å². The van der Waals surface area contributed by atoms with E-state index < -0.39 is 0 Å². The fourth-order valence-corrected chi connectivity index (χ4v) is 1.62. The second-order valence-corrected chi connectivity index (χ2v) is 4.29. The van der Waals surface area contributed by atoms with Crippen LogP contribution in [-0.2, 0) is 7.05 Å². The molecule has 4 heteroatoms. The minimum Gasteiger partial charge on any atom is -0.350 e. The lowest BCUT2D eigenvalue weighted by molar-refractivity contribution is 0.0940. The molecule has 1 aromatic rings. The number of hydrogen-bond acceptors (Lipinski definition) is 2. The Morgan fingerprint density at radius 1 is 1.44 bits per heavy atom. The maximum absolute atomic E-state index is 11.8. The SMILES string of the molecule is CNCC(C)CNC(=O)c1ccc(C)n1C. The van der Waals surface area contributed by atoms with Gasteiger partial charge in [0.25, 0.3) is 5.91 Å². The van der Waals surface area contributed by atoms with E-state index in [0.717, 1.165) is 12.2 Å². The fourth-order valence-electron chi connectivity index (χ4n) is 1.62. The number of nitrogens with zero attached hydrogens (tertiary/aromatic N) is 1. The molecule has 0 spiro atoms. The van der Waals surface area contributed by atoms with Gasteiger partial charge in [-0.05, 0) is 38.6 Å². The van der Waals surface area contributed by atoms with Crippen molar-refractivity contribution in [2.75, 3.05) is 20.1 Å². The molecule has 1 rings (SSSR count). The van der Waals surface area contributed by atoms with Gasteiger partial charge in [-0.2, -0.15) is 0 Å². The highest BCUT2D eigenvalue weighted by Crippen LogP contribution is 2.05. The number of aryl methyl sites for hydroxylation is 1. The molecule has 1 heterocycles. The van der Waals surface area contributed by atoms with Gasteiger partial charge in [-0.3, -0.25) is 4.79 Å². The van der Waals surface area contributed by atoms with Crippen LogP contribution in [0.25, 0.3) is 0 Å². The molecule has 16 heavy (non-hydrogen) atoms. The first kappa shape index (κ1) is 12.8. The number of hydrogen-bond donors (Lipinski definition) is 2. The van der Waals surface area contributed by atoms with Gasteiger partial charge in [0, 0.05) is 19.3 Å². The number of rotatable bonds is 5. The third-order valence-electron chi connectivity index (χ3n) is 2.77. The largest absolute Gasteiger partial charge is 0.350 e. The molecule has 0 aromatic carbocycles. The second-order valence-electron chi connectivity index (χ2n) is 4.29. The lowest BCUT2D eigenvalue weighted by atomic mass is 10.2. The van der Waals surface area contributed by atoms with Crippen molar-refractivity contribution in [2.45, 2.75) is 13.8 Å². The number of nitrogens with one attached hydrogen (secondary N) is 2. The van der Waals surface area contributed by atoms with Gasteiger partial charge < -0.3 is 15.2 Å². The number of carbonyl (C=O) groups is 1. The topological polar surface area (TPSA) is 46.1 Å². The van der Waals surface area contributed by atoms with Gasteiger partial charge in [-0.1, -0.05) is 6.92 Å². The summed E-state index contributed by atoms with van der Waals surface area (Å²) < 4.78 is 1.90. The van der Waals surface area contributed by atoms with Crippen LogP contribution in [0.2, 0.25) is 0 Å². The first-order valence-corrected chi connectivity index (χ1v) is 5.61. The van der Waals surface area contributed by atoms with E-state index in [9.17, 15) is 4.79 Å². The van der Waals surface area contributed by atoms with E-state index in [2.05, 4.69) is 17.6 Å². The van der Waals surface area contributed by atoms with E-state index in [0.29, 0.717) is 18.2 Å². The van der Waals surface area contributed by atoms with Crippen LogP contribution < -0.4 is 10.6 Å². The van der Waals surface area contributed by atoms with E-state index >= 15 is 0 Å². The summed E-state index contributed by atoms with van der Waals surface area (Å²) in [4.78, 5) is 11.8. The summed E-state index contributed by atoms with van der Waals surface area (Å²) in [5, 5.41) is 6.03. The minimum atomic E-state index is -0.00134. The quantitative estimate of drug-likeness (QED) is 0.779. The van der Waals surface area contributed by atoms with Gasteiger partial charge in [0.2, 0.25) is 0 Å². The third kappa shape index (κ3) is 3.10. The third-order valence-corrected chi connectivity index (χ3v) is 2.77. The number of amides is 1. The maximum atomic E-state index is 11.8. The Labute approximate surface area is 97.0 Å². The summed E-state index contributed by atoms with van der Waals surface area (Å²) >= 11 is 0. The summed E-state index contributed by atoms with van der Waals surface area (Å²) in [6, 6.07) is 3.80. The summed E-state index contributed by atoms with van der Waals surface area (Å²) in [6.07, 6.45) is 0. The molecular formula is C12H21N3O. The monoisotopic (exact) mass is 223 g/mol. The van der Waals surface area contributed by atoms with Crippen molar-refractivity contribution >= 4 is 5.91 Å². The molecule has 0 aliphatic carbocycles. The first-order chi connectivity index (χ1) is 7.56. The maximum Gasteiger partial charge on any atom is 0.267 e. The Morgan fingerprint density at radius 3 is 2.62 bits per heavy atom. The summed E-state index contributed by atoms with van der Waals surface area (Å²) in [5.74, 6) is 0.439. The summed E-state index contributed by atoms with van der Waals surface area (Å²) in [6.45, 7) is 5.70. The van der Waals surface area contributed by atoms with E-state index in [4.69, 9.17) is 0 Å². The molecular weight excluding hydrogens is 202 g/mol. The Bertz CT molecular complexity index is 357. The number of carbonyl (C=O) groups excluding carboxylic acids is 1. The van der Waals surface area contributed by atoms with Crippen molar-refractivity contribution in [1.82, 2.24) is 15.2 Å². The molecule has 1 atom stereocenters. The molecule has 1 aromatic heterocycles. The predicted molar refractivity (Wildman–Crippen MR) is 65.6 cm³/mol. The average molecular weight is 223 g/mol. The minimum absolute atomic E-state index is 0.00134. The molecule has 0 fully saturated rings. The van der Waals surface area contributed by atoms with Gasteiger partial charge in [-0.15, -0.1) is 0 Å². The van der Waals surface area contributed by atoms with Crippen LogP contribution in [0.1, 0.15) is 23.1 Å². The van der Waals surface area contributed by atoms with Crippen LogP contribution >= 0.6 is 0 Å². The molecule has 0 saturated carbocycles. The Morgan fingerprint density at radius 2 is 2.12 bits per heavy atom. The fraction of sp³-hybridized carbons (Fsp3) is 0.583. The van der Waals surface area contributed by atoms with Gasteiger partial charge in [0.15, 0.2) is 0 Å². The summed E-state index contributed by atoms with van der Waals surface area (Å²) in [7, 11) is 3.82. The van der Waals surface area contributed by atoms with Crippen molar-refractivity contribution < 1.29 is 4.79 Å². The highest BCUT2D eigenvalue weighted by molar-refractivity contribution is 5.92. The van der Waals surface area contributed by atoms with E-state index in [-0.39, 0.29) is 5.91 Å². The van der Waals surface area contributed by atoms with Gasteiger partial charge >= 0.3 is 0 Å². The normalized spacial score (nSPS) is 12.5. The molecule has 0 saturated heterocycles. The zero-order valence-corrected chi connectivity index (χ0v) is 10.5. The molecule has 4 nitrogen and oxygen atoms in total. The lowest BCUT2D eigenvalue weighted by Gasteiger charge is -2.12. The molecule has 0 aliphatic heterocycles. The van der Waals surface area contributed by atoms with Crippen molar-refractivity contribution in [3.63, 3.8) is 0 Å². The highest BCUT2D eigenvalue weighted by atomic mass is 16.1. The van der Waals surface area contributed by atoms with E-state index in [1.54, 1.807) is 0 Å². The second kappa shape index (κ2) is 5.70. The predicted octanol–water partition coefficient (Wildman–Crippen LogP) is 0.919. The Kier molecular flexibility index (Phi) is 4.55. The Hall–Kier alpha value is -1.29. The van der Waals surface area contributed by atoms with Crippen molar-refractivity contribution in [3.05, 3.63) is 23.5 Å². The summed E-state index contributed by atoms with van der Waals surface area (Å²) in [5.41, 5.74) is 1.81. The van der Waals surface area contributed by atoms with Gasteiger partial charge in [0.05, 0.1) is 0 Å². The van der Waals surface area contributed by atoms with E-state index in [1.165, 1.54) is 0 Å². The molecule has 0 bridgehead atoms.